The summed E-state index contributed by atoms with van der Waals surface area (Å²) in [6.07, 6.45) is 22.6. The number of carbonyl (C=O) groups is 3. The molecule has 0 aromatic heterocycles. The summed E-state index contributed by atoms with van der Waals surface area (Å²) >= 11 is 0. The van der Waals surface area contributed by atoms with Crippen molar-refractivity contribution in [3.63, 3.8) is 0 Å². The molecule has 0 fully saturated rings. The van der Waals surface area contributed by atoms with Gasteiger partial charge >= 0.3 is 17.9 Å². The first-order valence-electron chi connectivity index (χ1n) is 14.5. The largest absolute Gasteiger partial charge is 0.481 e. The Balaban J connectivity index is -0.000000460. The van der Waals surface area contributed by atoms with Crippen molar-refractivity contribution in [2.75, 3.05) is 0 Å². The van der Waals surface area contributed by atoms with Gasteiger partial charge in [0.05, 0.1) is 12.2 Å². The Bertz CT molecular complexity index is 504. The van der Waals surface area contributed by atoms with Crippen LogP contribution in [-0.4, -0.2) is 28.1 Å². The number of rotatable bonds is 22. The summed E-state index contributed by atoms with van der Waals surface area (Å²) in [5, 5.41) is 17.0. The maximum absolute atomic E-state index is 10.9. The van der Waals surface area contributed by atoms with Gasteiger partial charge in [0.15, 0.2) is 0 Å². The van der Waals surface area contributed by atoms with E-state index in [2.05, 4.69) is 32.1 Å². The molecular formula is C30H58O6. The number of carboxylic acid groups (broad SMARTS) is 2. The van der Waals surface area contributed by atoms with Crippen LogP contribution < -0.4 is 0 Å². The number of esters is 1. The molecule has 0 heterocycles. The van der Waals surface area contributed by atoms with Crippen molar-refractivity contribution in [2.45, 2.75) is 156 Å². The minimum absolute atomic E-state index is 0.111. The van der Waals surface area contributed by atoms with Crippen molar-refractivity contribution in [1.82, 2.24) is 0 Å². The summed E-state index contributed by atoms with van der Waals surface area (Å²) in [5.41, 5.74) is 0. The molecule has 0 radical (unpaired) electrons. The van der Waals surface area contributed by atoms with Gasteiger partial charge in [-0.25, -0.2) is 0 Å². The zero-order valence-corrected chi connectivity index (χ0v) is 24.0. The van der Waals surface area contributed by atoms with Crippen LogP contribution in [0.25, 0.3) is 0 Å². The molecule has 0 saturated carbocycles. The molecule has 0 aromatic carbocycles. The lowest BCUT2D eigenvalue weighted by Crippen LogP contribution is -2.11. The minimum Gasteiger partial charge on any atom is -0.481 e. The summed E-state index contributed by atoms with van der Waals surface area (Å²) in [7, 11) is 0. The molecule has 0 amide bonds. The van der Waals surface area contributed by atoms with Crippen LogP contribution in [0, 0.1) is 5.92 Å². The van der Waals surface area contributed by atoms with Gasteiger partial charge in [-0.2, -0.15) is 0 Å². The van der Waals surface area contributed by atoms with Crippen LogP contribution in [0.3, 0.4) is 0 Å². The fraction of sp³-hybridized carbons (Fsp3) is 0.833. The molecule has 0 rings (SSSR count). The number of carbonyl (C=O) groups excluding carboxylic acids is 1. The van der Waals surface area contributed by atoms with Gasteiger partial charge in [0.25, 0.3) is 0 Å². The lowest BCUT2D eigenvalue weighted by molar-refractivity contribution is -0.142. The lowest BCUT2D eigenvalue weighted by Gasteiger charge is -2.06. The highest BCUT2D eigenvalue weighted by Gasteiger charge is 2.12. The molecule has 1 unspecified atom stereocenters. The smallest absolute Gasteiger partial charge is 0.310 e. The second kappa shape index (κ2) is 33.1. The van der Waals surface area contributed by atoms with Crippen LogP contribution in [0.4, 0.5) is 0 Å². The number of carboxylic acids is 2. The first-order chi connectivity index (χ1) is 17.3. The average molecular weight is 515 g/mol. The number of ether oxygens (including phenoxy) is 1. The second-order valence-corrected chi connectivity index (χ2v) is 9.38. The minimum atomic E-state index is -0.663. The van der Waals surface area contributed by atoms with Crippen LogP contribution in [0.15, 0.2) is 12.8 Å². The van der Waals surface area contributed by atoms with Crippen molar-refractivity contribution < 1.29 is 29.3 Å². The van der Waals surface area contributed by atoms with Gasteiger partial charge < -0.3 is 14.9 Å². The normalized spacial score (nSPS) is 10.8. The standard InChI is InChI=1S/C12H22O2.C10H20O2.C8H16O2/c1-3-5-6-7-8-9-10-11-12(13)14-4-2;1-2-3-4-5-6-7-8-9-10(11)12;1-3-5-6-7(4-2)8(9)10/h4H,2-3,5-11H2,1H3;2-9H2,1H3,(H,11,12);7H,3-6H2,1-2H3,(H,9,10). The van der Waals surface area contributed by atoms with Crippen LogP contribution in [0.2, 0.25) is 0 Å². The van der Waals surface area contributed by atoms with E-state index < -0.39 is 11.9 Å². The summed E-state index contributed by atoms with van der Waals surface area (Å²) < 4.78 is 4.61. The fourth-order valence-electron chi connectivity index (χ4n) is 3.56. The molecule has 0 spiro atoms. The summed E-state index contributed by atoms with van der Waals surface area (Å²) in [5.74, 6) is -1.58. The van der Waals surface area contributed by atoms with Gasteiger partial charge in [0.2, 0.25) is 0 Å². The molecule has 6 nitrogen and oxygen atoms in total. The van der Waals surface area contributed by atoms with E-state index in [1.165, 1.54) is 70.5 Å². The van der Waals surface area contributed by atoms with Crippen LogP contribution in [0.5, 0.6) is 0 Å². The Morgan fingerprint density at radius 1 is 0.667 bits per heavy atom. The first kappa shape index (κ1) is 38.7. The Kier molecular flexibility index (Phi) is 35.6. The van der Waals surface area contributed by atoms with Gasteiger partial charge in [0.1, 0.15) is 0 Å². The lowest BCUT2D eigenvalue weighted by atomic mass is 10.00. The Morgan fingerprint density at radius 2 is 1.08 bits per heavy atom. The highest BCUT2D eigenvalue weighted by Crippen LogP contribution is 2.12. The molecule has 2 N–H and O–H groups in total. The number of hydrogen-bond donors (Lipinski definition) is 2. The fourth-order valence-corrected chi connectivity index (χ4v) is 3.56. The molecule has 0 aliphatic rings. The molecule has 1 atom stereocenters. The Morgan fingerprint density at radius 3 is 1.44 bits per heavy atom. The van der Waals surface area contributed by atoms with Crippen LogP contribution in [-0.2, 0) is 19.1 Å². The topological polar surface area (TPSA) is 101 Å². The number of unbranched alkanes of at least 4 members (excludes halogenated alkanes) is 13. The molecule has 0 saturated heterocycles. The molecule has 0 aromatic rings. The van der Waals surface area contributed by atoms with Crippen molar-refractivity contribution >= 4 is 17.9 Å². The van der Waals surface area contributed by atoms with Gasteiger partial charge in [-0.3, -0.25) is 14.4 Å². The van der Waals surface area contributed by atoms with E-state index in [-0.39, 0.29) is 11.9 Å². The first-order valence-corrected chi connectivity index (χ1v) is 14.5. The molecule has 214 valence electrons. The second-order valence-electron chi connectivity index (χ2n) is 9.38. The average Bonchev–Trinajstić information content (AvgIpc) is 2.84. The third-order valence-electron chi connectivity index (χ3n) is 5.94. The van der Waals surface area contributed by atoms with Crippen molar-refractivity contribution in [3.8, 4) is 0 Å². The van der Waals surface area contributed by atoms with E-state index in [0.29, 0.717) is 12.8 Å². The maximum Gasteiger partial charge on any atom is 0.310 e. The molecule has 36 heavy (non-hydrogen) atoms. The predicted octanol–water partition coefficient (Wildman–Crippen LogP) is 9.31. The summed E-state index contributed by atoms with van der Waals surface area (Å²) in [6, 6.07) is 0. The van der Waals surface area contributed by atoms with Gasteiger partial charge in [-0.15, -0.1) is 0 Å². The maximum atomic E-state index is 10.9. The predicted molar refractivity (Wildman–Crippen MR) is 150 cm³/mol. The Hall–Kier alpha value is -1.85. The molecule has 0 aliphatic carbocycles. The summed E-state index contributed by atoms with van der Waals surface area (Å²) in [6.45, 7) is 11.8. The molecular weight excluding hydrogens is 456 g/mol. The molecule has 0 aliphatic heterocycles. The van der Waals surface area contributed by atoms with E-state index in [1.807, 2.05) is 6.92 Å². The third-order valence-corrected chi connectivity index (χ3v) is 5.94. The third kappa shape index (κ3) is 36.7. The van der Waals surface area contributed by atoms with Gasteiger partial charge in [0, 0.05) is 12.8 Å². The zero-order valence-electron chi connectivity index (χ0n) is 24.0. The van der Waals surface area contributed by atoms with Crippen molar-refractivity contribution in [1.29, 1.82) is 0 Å². The van der Waals surface area contributed by atoms with E-state index in [4.69, 9.17) is 10.2 Å². The molecule has 0 bridgehead atoms. The summed E-state index contributed by atoms with van der Waals surface area (Å²) in [4.78, 5) is 31.5. The number of hydrogen-bond acceptors (Lipinski definition) is 4. The highest BCUT2D eigenvalue weighted by atomic mass is 16.5. The van der Waals surface area contributed by atoms with E-state index in [0.717, 1.165) is 51.4 Å². The van der Waals surface area contributed by atoms with E-state index in [1.54, 1.807) is 0 Å². The van der Waals surface area contributed by atoms with Crippen LogP contribution >= 0.6 is 0 Å². The SMILES string of the molecule is C=COC(=O)CCCCCCCCC.CCCCC(CC)C(=O)O.CCCCCCCCCC(=O)O. The Labute approximate surface area is 222 Å². The number of aliphatic carboxylic acids is 2. The molecule has 6 heteroatoms. The van der Waals surface area contributed by atoms with Crippen molar-refractivity contribution in [3.05, 3.63) is 12.8 Å². The zero-order chi connectivity index (χ0) is 27.9. The van der Waals surface area contributed by atoms with E-state index in [9.17, 15) is 14.4 Å². The highest BCUT2D eigenvalue weighted by molar-refractivity contribution is 5.70. The van der Waals surface area contributed by atoms with Crippen LogP contribution in [0.1, 0.15) is 156 Å². The van der Waals surface area contributed by atoms with Gasteiger partial charge in [-0.05, 0) is 25.7 Å². The van der Waals surface area contributed by atoms with E-state index >= 15 is 0 Å². The monoisotopic (exact) mass is 514 g/mol. The quantitative estimate of drug-likeness (QED) is 0.0847. The van der Waals surface area contributed by atoms with Crippen molar-refractivity contribution in [2.24, 2.45) is 5.92 Å². The van der Waals surface area contributed by atoms with Gasteiger partial charge in [-0.1, -0.05) is 124 Å².